The zero-order chi connectivity index (χ0) is 12.5. The molecular weight excluding hydrogens is 246 g/mol. The third kappa shape index (κ3) is 3.30. The van der Waals surface area contributed by atoms with E-state index in [-0.39, 0.29) is 13.0 Å². The average molecular weight is 261 g/mol. The van der Waals surface area contributed by atoms with Crippen molar-refractivity contribution in [3.05, 3.63) is 28.8 Å². The van der Waals surface area contributed by atoms with Crippen LogP contribution in [0.3, 0.4) is 0 Å². The van der Waals surface area contributed by atoms with Crippen LogP contribution in [-0.2, 0) is 6.54 Å². The Balaban J connectivity index is 2.07. The predicted octanol–water partition coefficient (Wildman–Crippen LogP) is 3.15. The molecular formula is C12H15ClF2N2. The number of hydrogen-bond acceptors (Lipinski definition) is 2. The molecule has 1 fully saturated rings. The van der Waals surface area contributed by atoms with Crippen LogP contribution in [0.5, 0.6) is 0 Å². The zero-order valence-corrected chi connectivity index (χ0v) is 10.2. The lowest BCUT2D eigenvalue weighted by Gasteiger charge is -2.32. The van der Waals surface area contributed by atoms with Gasteiger partial charge in [-0.05, 0) is 36.7 Å². The van der Waals surface area contributed by atoms with Crippen molar-refractivity contribution in [3.63, 3.8) is 0 Å². The van der Waals surface area contributed by atoms with Gasteiger partial charge >= 0.3 is 0 Å². The normalized spacial score (nSPS) is 20.4. The second-order valence-corrected chi connectivity index (χ2v) is 4.93. The SMILES string of the molecule is Nc1ccc(Cl)c(CN2CCCC(F)(F)C2)c1. The molecule has 0 aromatic heterocycles. The van der Waals surface area contributed by atoms with E-state index in [2.05, 4.69) is 0 Å². The fourth-order valence-electron chi connectivity index (χ4n) is 2.14. The van der Waals surface area contributed by atoms with Gasteiger partial charge in [-0.25, -0.2) is 8.78 Å². The first-order valence-electron chi connectivity index (χ1n) is 5.60. The van der Waals surface area contributed by atoms with Crippen molar-refractivity contribution in [2.24, 2.45) is 0 Å². The van der Waals surface area contributed by atoms with Crippen LogP contribution in [0.25, 0.3) is 0 Å². The van der Waals surface area contributed by atoms with E-state index in [0.29, 0.717) is 30.2 Å². The molecule has 2 rings (SSSR count). The lowest BCUT2D eigenvalue weighted by molar-refractivity contribution is -0.0660. The highest BCUT2D eigenvalue weighted by molar-refractivity contribution is 6.31. The zero-order valence-electron chi connectivity index (χ0n) is 9.43. The predicted molar refractivity (Wildman–Crippen MR) is 65.3 cm³/mol. The summed E-state index contributed by atoms with van der Waals surface area (Å²) in [6.07, 6.45) is 0.501. The number of piperidine rings is 1. The highest BCUT2D eigenvalue weighted by Gasteiger charge is 2.35. The molecule has 1 aromatic carbocycles. The van der Waals surface area contributed by atoms with E-state index in [4.69, 9.17) is 17.3 Å². The van der Waals surface area contributed by atoms with E-state index in [9.17, 15) is 8.78 Å². The van der Waals surface area contributed by atoms with Crippen LogP contribution >= 0.6 is 11.6 Å². The van der Waals surface area contributed by atoms with Crippen LogP contribution < -0.4 is 5.73 Å². The van der Waals surface area contributed by atoms with Gasteiger partial charge in [-0.3, -0.25) is 4.90 Å². The molecule has 0 saturated carbocycles. The smallest absolute Gasteiger partial charge is 0.260 e. The Labute approximate surface area is 104 Å². The molecule has 0 aliphatic carbocycles. The highest BCUT2D eigenvalue weighted by Crippen LogP contribution is 2.29. The van der Waals surface area contributed by atoms with E-state index in [0.717, 1.165) is 5.56 Å². The molecule has 5 heteroatoms. The molecule has 2 N–H and O–H groups in total. The van der Waals surface area contributed by atoms with Crippen molar-refractivity contribution in [2.45, 2.75) is 25.3 Å². The van der Waals surface area contributed by atoms with Gasteiger partial charge in [0.25, 0.3) is 5.92 Å². The monoisotopic (exact) mass is 260 g/mol. The van der Waals surface area contributed by atoms with E-state index < -0.39 is 5.92 Å². The van der Waals surface area contributed by atoms with E-state index in [1.807, 2.05) is 0 Å². The first-order valence-corrected chi connectivity index (χ1v) is 5.98. The van der Waals surface area contributed by atoms with Gasteiger partial charge in [0.05, 0.1) is 6.54 Å². The van der Waals surface area contributed by atoms with E-state index in [1.165, 1.54) is 0 Å². The molecule has 1 saturated heterocycles. The van der Waals surface area contributed by atoms with Gasteiger partial charge < -0.3 is 5.73 Å². The molecule has 0 spiro atoms. The quantitative estimate of drug-likeness (QED) is 0.828. The van der Waals surface area contributed by atoms with Crippen molar-refractivity contribution in [3.8, 4) is 0 Å². The Morgan fingerprint density at radius 1 is 1.41 bits per heavy atom. The number of nitrogens with two attached hydrogens (primary N) is 1. The maximum Gasteiger partial charge on any atom is 0.260 e. The third-order valence-corrected chi connectivity index (χ3v) is 3.30. The van der Waals surface area contributed by atoms with Gasteiger partial charge in [0.2, 0.25) is 0 Å². The van der Waals surface area contributed by atoms with Crippen molar-refractivity contribution in [1.82, 2.24) is 4.90 Å². The van der Waals surface area contributed by atoms with Gasteiger partial charge in [0.15, 0.2) is 0 Å². The Morgan fingerprint density at radius 2 is 2.18 bits per heavy atom. The van der Waals surface area contributed by atoms with Crippen molar-refractivity contribution < 1.29 is 8.78 Å². The topological polar surface area (TPSA) is 29.3 Å². The van der Waals surface area contributed by atoms with Crippen molar-refractivity contribution in [1.29, 1.82) is 0 Å². The molecule has 2 nitrogen and oxygen atoms in total. The molecule has 0 bridgehead atoms. The summed E-state index contributed by atoms with van der Waals surface area (Å²) in [5.74, 6) is -2.58. The van der Waals surface area contributed by atoms with Gasteiger partial charge in [-0.1, -0.05) is 11.6 Å². The number of benzene rings is 1. The first-order chi connectivity index (χ1) is 7.96. The minimum Gasteiger partial charge on any atom is -0.399 e. The Bertz CT molecular complexity index is 409. The number of halogens is 3. The van der Waals surface area contributed by atoms with Gasteiger partial charge in [0.1, 0.15) is 0 Å². The molecule has 94 valence electrons. The first kappa shape index (κ1) is 12.6. The summed E-state index contributed by atoms with van der Waals surface area (Å²) < 4.78 is 26.5. The Kier molecular flexibility index (Phi) is 3.54. The number of nitrogens with zero attached hydrogens (tertiary/aromatic N) is 1. The Hall–Kier alpha value is -0.870. The number of rotatable bonds is 2. The average Bonchev–Trinajstić information content (AvgIpc) is 2.22. The van der Waals surface area contributed by atoms with Gasteiger partial charge in [-0.2, -0.15) is 0 Å². The maximum absolute atomic E-state index is 13.2. The second-order valence-electron chi connectivity index (χ2n) is 4.52. The summed E-state index contributed by atoms with van der Waals surface area (Å²) in [7, 11) is 0. The van der Waals surface area contributed by atoms with E-state index >= 15 is 0 Å². The molecule has 1 heterocycles. The van der Waals surface area contributed by atoms with Gasteiger partial charge in [0, 0.05) is 23.7 Å². The minimum absolute atomic E-state index is 0.0197. The fourth-order valence-corrected chi connectivity index (χ4v) is 2.32. The molecule has 0 radical (unpaired) electrons. The van der Waals surface area contributed by atoms with Gasteiger partial charge in [-0.15, -0.1) is 0 Å². The lowest BCUT2D eigenvalue weighted by Crippen LogP contribution is -2.42. The lowest BCUT2D eigenvalue weighted by atomic mass is 10.1. The molecule has 1 aliphatic rings. The number of alkyl halides is 2. The molecule has 1 aromatic rings. The Morgan fingerprint density at radius 3 is 2.88 bits per heavy atom. The summed E-state index contributed by atoms with van der Waals surface area (Å²) in [5, 5.41) is 0.577. The number of likely N-dealkylation sites (tertiary alicyclic amines) is 1. The van der Waals surface area contributed by atoms with Crippen molar-refractivity contribution >= 4 is 17.3 Å². The number of anilines is 1. The van der Waals surface area contributed by atoms with Crippen LogP contribution in [0, 0.1) is 0 Å². The fraction of sp³-hybridized carbons (Fsp3) is 0.500. The van der Waals surface area contributed by atoms with Crippen LogP contribution in [0.4, 0.5) is 14.5 Å². The third-order valence-electron chi connectivity index (χ3n) is 2.94. The summed E-state index contributed by atoms with van der Waals surface area (Å²) in [6.45, 7) is 0.915. The summed E-state index contributed by atoms with van der Waals surface area (Å²) >= 11 is 6.02. The molecule has 0 unspecified atom stereocenters. The van der Waals surface area contributed by atoms with Crippen LogP contribution in [0.15, 0.2) is 18.2 Å². The maximum atomic E-state index is 13.2. The standard InChI is InChI=1S/C12H15ClF2N2/c13-11-3-2-10(16)6-9(11)7-17-5-1-4-12(14,15)8-17/h2-3,6H,1,4-5,7-8,16H2. The number of hydrogen-bond donors (Lipinski definition) is 1. The van der Waals surface area contributed by atoms with Crippen LogP contribution in [0.2, 0.25) is 5.02 Å². The largest absolute Gasteiger partial charge is 0.399 e. The highest BCUT2D eigenvalue weighted by atomic mass is 35.5. The summed E-state index contributed by atoms with van der Waals surface area (Å²) in [4.78, 5) is 1.73. The molecule has 0 atom stereocenters. The van der Waals surface area contributed by atoms with Crippen LogP contribution in [0.1, 0.15) is 18.4 Å². The molecule has 0 amide bonds. The summed E-state index contributed by atoms with van der Waals surface area (Å²) in [5.41, 5.74) is 7.07. The van der Waals surface area contributed by atoms with Crippen LogP contribution in [-0.4, -0.2) is 23.9 Å². The second kappa shape index (κ2) is 4.78. The summed E-state index contributed by atoms with van der Waals surface area (Å²) in [6, 6.07) is 5.15. The molecule has 17 heavy (non-hydrogen) atoms. The molecule has 1 aliphatic heterocycles. The van der Waals surface area contributed by atoms with Crippen molar-refractivity contribution in [2.75, 3.05) is 18.8 Å². The number of nitrogen functional groups attached to an aromatic ring is 1. The van der Waals surface area contributed by atoms with E-state index in [1.54, 1.807) is 23.1 Å². The minimum atomic E-state index is -2.58.